The summed E-state index contributed by atoms with van der Waals surface area (Å²) in [6.07, 6.45) is 0.332. The van der Waals surface area contributed by atoms with E-state index in [1.807, 2.05) is 0 Å². The molecule has 40 heavy (non-hydrogen) atoms. The van der Waals surface area contributed by atoms with Gasteiger partial charge in [0.2, 0.25) is 0 Å². The molecule has 0 radical (unpaired) electrons. The van der Waals surface area contributed by atoms with Gasteiger partial charge in [0.15, 0.2) is 5.78 Å². The Kier molecular flexibility index (Phi) is 6.72. The Balaban J connectivity index is 1.64. The number of nitrogens with zero attached hydrogens (tertiary/aromatic N) is 2. The summed E-state index contributed by atoms with van der Waals surface area (Å²) in [5, 5.41) is 34.0. The first kappa shape index (κ1) is 27.8. The molecule has 4 atom stereocenters. The average Bonchev–Trinajstić information content (AvgIpc) is 2.90. The maximum absolute atomic E-state index is 14.0. The van der Waals surface area contributed by atoms with Crippen molar-refractivity contribution in [2.45, 2.75) is 31.4 Å². The highest BCUT2D eigenvalue weighted by atomic mass is 16.5. The van der Waals surface area contributed by atoms with Gasteiger partial charge in [-0.2, -0.15) is 0 Å². The molecule has 0 aromatic heterocycles. The Morgan fingerprint density at radius 3 is 2.42 bits per heavy atom. The predicted octanol–water partition coefficient (Wildman–Crippen LogP) is 0.654. The fourth-order valence-electron chi connectivity index (χ4n) is 7.02. The summed E-state index contributed by atoms with van der Waals surface area (Å²) < 4.78 is 5.27. The lowest BCUT2D eigenvalue weighted by molar-refractivity contribution is -0.130. The minimum Gasteiger partial charge on any atom is -0.510 e. The number of rotatable bonds is 4. The molecule has 11 heteroatoms. The Bertz CT molecular complexity index is 1430. The first-order valence-corrected chi connectivity index (χ1v) is 13.2. The molecule has 1 aromatic rings. The topological polar surface area (TPSA) is 171 Å². The molecule has 1 aliphatic heterocycles. The molecule has 1 aromatic carbocycles. The van der Waals surface area contributed by atoms with E-state index in [9.17, 15) is 34.5 Å². The van der Waals surface area contributed by atoms with E-state index in [1.165, 1.54) is 17.0 Å². The molecule has 5 N–H and O–H groups in total. The normalized spacial score (nSPS) is 28.3. The highest BCUT2D eigenvalue weighted by Gasteiger charge is 2.58. The number of hydrogen-bond acceptors (Lipinski definition) is 9. The highest BCUT2D eigenvalue weighted by molar-refractivity contribution is 6.43. The van der Waals surface area contributed by atoms with Gasteiger partial charge in [-0.15, -0.1) is 0 Å². The van der Waals surface area contributed by atoms with Crippen LogP contribution in [0.25, 0.3) is 0 Å². The number of phenols is 1. The van der Waals surface area contributed by atoms with Gasteiger partial charge >= 0.3 is 0 Å². The molecule has 0 spiro atoms. The number of amides is 2. The molecule has 0 saturated carbocycles. The van der Waals surface area contributed by atoms with Crippen LogP contribution in [0.2, 0.25) is 0 Å². The van der Waals surface area contributed by atoms with Crippen molar-refractivity contribution in [1.29, 1.82) is 0 Å². The number of hydrogen-bond donors (Lipinski definition) is 4. The van der Waals surface area contributed by atoms with Crippen molar-refractivity contribution < 1.29 is 39.2 Å². The zero-order valence-corrected chi connectivity index (χ0v) is 22.7. The molecule has 0 bridgehead atoms. The Morgan fingerprint density at radius 1 is 1.18 bits per heavy atom. The van der Waals surface area contributed by atoms with Crippen LogP contribution >= 0.6 is 0 Å². The van der Waals surface area contributed by atoms with Crippen LogP contribution in [0, 0.1) is 11.8 Å². The molecular formula is C29H33N3O8. The highest BCUT2D eigenvalue weighted by Crippen LogP contribution is 2.55. The van der Waals surface area contributed by atoms with Gasteiger partial charge in [0, 0.05) is 30.1 Å². The smallest absolute Gasteiger partial charge is 0.295 e. The van der Waals surface area contributed by atoms with Crippen LogP contribution in [0.15, 0.2) is 46.8 Å². The maximum Gasteiger partial charge on any atom is 0.295 e. The summed E-state index contributed by atoms with van der Waals surface area (Å²) in [6, 6.07) is 1.77. The number of primary amides is 1. The first-order valence-electron chi connectivity index (χ1n) is 13.2. The second-order valence-electron chi connectivity index (χ2n) is 11.1. The Hall–Kier alpha value is -3.80. The molecule has 2 amide bonds. The van der Waals surface area contributed by atoms with Crippen LogP contribution in [0.3, 0.4) is 0 Å². The van der Waals surface area contributed by atoms with Crippen molar-refractivity contribution in [3.05, 3.63) is 63.5 Å². The van der Waals surface area contributed by atoms with Crippen molar-refractivity contribution in [2.24, 2.45) is 17.6 Å². The van der Waals surface area contributed by atoms with Gasteiger partial charge in [-0.05, 0) is 68.6 Å². The number of nitrogens with two attached hydrogens (primary N) is 1. The number of aliphatic hydroxyl groups is 2. The number of allylic oxidation sites excluding steroid dienone is 1. The van der Waals surface area contributed by atoms with E-state index >= 15 is 0 Å². The van der Waals surface area contributed by atoms with Crippen molar-refractivity contribution in [3.8, 4) is 5.75 Å². The van der Waals surface area contributed by atoms with Crippen molar-refractivity contribution in [3.63, 3.8) is 0 Å². The maximum atomic E-state index is 14.0. The Labute approximate surface area is 231 Å². The number of morpholine rings is 1. The lowest BCUT2D eigenvalue weighted by Gasteiger charge is -2.53. The fraction of sp³-hybridized carbons (Fsp3) is 0.448. The molecule has 1 saturated heterocycles. The Morgan fingerprint density at radius 2 is 1.82 bits per heavy atom. The van der Waals surface area contributed by atoms with Crippen molar-refractivity contribution >= 4 is 23.4 Å². The second-order valence-corrected chi connectivity index (χ2v) is 11.1. The summed E-state index contributed by atoms with van der Waals surface area (Å²) in [5.41, 5.74) is 4.04. The molecule has 11 nitrogen and oxygen atoms in total. The standard InChI is InChI=1S/C29H33N3O8/c1-13-20-15(12-18-23(31(3)4)26(36)21(27(30)37)14(2)29(13,18)39)11-17-16(5-6-19(33)22(17)25(20)35)24(34)28(38)32-7-9-40-10-8-32/h5-6,15,18,23,33,36,39H,2,7-12H2,1,3-4H3,(H2,30,37)/t15-,18-,23?,29?/m0/s1. The number of benzene rings is 1. The monoisotopic (exact) mass is 551 g/mol. The minimum absolute atomic E-state index is 0.0474. The van der Waals surface area contributed by atoms with E-state index < -0.39 is 46.9 Å². The summed E-state index contributed by atoms with van der Waals surface area (Å²) in [4.78, 5) is 55.8. The zero-order valence-electron chi connectivity index (χ0n) is 22.7. The van der Waals surface area contributed by atoms with Crippen molar-refractivity contribution in [2.75, 3.05) is 40.4 Å². The molecule has 4 aliphatic rings. The van der Waals surface area contributed by atoms with Crippen LogP contribution in [0.1, 0.15) is 39.6 Å². The molecule has 3 aliphatic carbocycles. The number of ketones is 2. The predicted molar refractivity (Wildman–Crippen MR) is 143 cm³/mol. The second kappa shape index (κ2) is 9.69. The van der Waals surface area contributed by atoms with E-state index in [2.05, 4.69) is 6.58 Å². The summed E-state index contributed by atoms with van der Waals surface area (Å²) in [6.45, 7) is 6.69. The van der Waals surface area contributed by atoms with Gasteiger partial charge in [0.05, 0.1) is 30.4 Å². The number of fused-ring (bicyclic) bond motifs is 3. The lowest BCUT2D eigenvalue weighted by atomic mass is 9.55. The number of aliphatic hydroxyl groups excluding tert-OH is 1. The van der Waals surface area contributed by atoms with Crippen LogP contribution in [0.4, 0.5) is 0 Å². The van der Waals surface area contributed by atoms with Crippen LogP contribution < -0.4 is 5.73 Å². The van der Waals surface area contributed by atoms with Gasteiger partial charge in [-0.3, -0.25) is 24.1 Å². The third kappa shape index (κ3) is 3.83. The van der Waals surface area contributed by atoms with Crippen LogP contribution in [-0.2, 0) is 20.7 Å². The zero-order chi connectivity index (χ0) is 29.3. The van der Waals surface area contributed by atoms with Gasteiger partial charge in [0.1, 0.15) is 17.1 Å². The minimum atomic E-state index is -1.88. The SMILES string of the molecule is C=C1C(C(N)=O)=C(O)C(N(C)C)[C@@H]2C[C@@H]3Cc4c(C(=O)C(=O)N5CCOCC5)ccc(O)c4C(=O)C3=C(C)C12O. The molecule has 212 valence electrons. The van der Waals surface area contributed by atoms with E-state index in [4.69, 9.17) is 10.5 Å². The average molecular weight is 552 g/mol. The number of carbonyl (C=O) groups is 4. The van der Waals surface area contributed by atoms with Crippen LogP contribution in [-0.4, -0.2) is 101 Å². The number of aromatic hydroxyl groups is 1. The lowest BCUT2D eigenvalue weighted by Crippen LogP contribution is -2.59. The van der Waals surface area contributed by atoms with E-state index in [0.717, 1.165) is 0 Å². The quantitative estimate of drug-likeness (QED) is 0.310. The van der Waals surface area contributed by atoms with Crippen LogP contribution in [0.5, 0.6) is 5.75 Å². The first-order chi connectivity index (χ1) is 18.8. The van der Waals surface area contributed by atoms with E-state index in [-0.39, 0.29) is 76.4 Å². The molecule has 1 fully saturated rings. The van der Waals surface area contributed by atoms with Gasteiger partial charge in [-0.25, -0.2) is 0 Å². The summed E-state index contributed by atoms with van der Waals surface area (Å²) in [7, 11) is 3.38. The van der Waals surface area contributed by atoms with Gasteiger partial charge in [0.25, 0.3) is 17.6 Å². The van der Waals surface area contributed by atoms with E-state index in [1.54, 1.807) is 25.9 Å². The largest absolute Gasteiger partial charge is 0.510 e. The third-order valence-corrected chi connectivity index (χ3v) is 8.89. The molecule has 1 heterocycles. The molecular weight excluding hydrogens is 518 g/mol. The van der Waals surface area contributed by atoms with Crippen molar-refractivity contribution in [1.82, 2.24) is 9.80 Å². The van der Waals surface area contributed by atoms with Gasteiger partial charge < -0.3 is 30.7 Å². The molecule has 5 rings (SSSR count). The number of carbonyl (C=O) groups excluding carboxylic acids is 4. The van der Waals surface area contributed by atoms with E-state index in [0.29, 0.717) is 13.2 Å². The molecule has 2 unspecified atom stereocenters. The number of ether oxygens (including phenoxy) is 1. The third-order valence-electron chi connectivity index (χ3n) is 8.89. The number of phenolic OH excluding ortho intramolecular Hbond substituents is 1. The van der Waals surface area contributed by atoms with Gasteiger partial charge in [-0.1, -0.05) is 6.58 Å². The number of Topliss-reactive ketones (excluding diaryl/α,β-unsaturated/α-hetero) is 2. The fourth-order valence-corrected chi connectivity index (χ4v) is 7.02. The summed E-state index contributed by atoms with van der Waals surface area (Å²) >= 11 is 0. The number of likely N-dealkylation sites (N-methyl/N-ethyl adjacent to an activating group) is 1. The summed E-state index contributed by atoms with van der Waals surface area (Å²) in [5.74, 6) is -4.87.